The zero-order valence-electron chi connectivity index (χ0n) is 16.9. The van der Waals surface area contributed by atoms with Gasteiger partial charge >= 0.3 is 5.97 Å². The lowest BCUT2D eigenvalue weighted by Crippen LogP contribution is -2.59. The van der Waals surface area contributed by atoms with Gasteiger partial charge in [-0.25, -0.2) is 8.78 Å². The number of esters is 1. The molecule has 0 aliphatic carbocycles. The van der Waals surface area contributed by atoms with Crippen molar-refractivity contribution >= 4 is 16.9 Å². The van der Waals surface area contributed by atoms with E-state index in [2.05, 4.69) is 9.88 Å². The fraction of sp³-hybridized carbons (Fsp3) is 0.545. The molecule has 1 unspecified atom stereocenters. The van der Waals surface area contributed by atoms with Gasteiger partial charge in [0.2, 0.25) is 5.92 Å². The first kappa shape index (κ1) is 20.0. The standard InChI is InChI=1S/C22H26F2N2O3/c1-13(27)29-21(16-6-8-25-19-5-4-15(28-3)11-17(16)19)20-10-14-7-9-26(20)12-18(14)22(2,23)24/h4-6,8,11,14,18,20-21H,7,9-10,12H2,1-3H3/t14-,18-,20+,21+/m0/s1. The number of hydrogen-bond donors (Lipinski definition) is 0. The maximum Gasteiger partial charge on any atom is 0.303 e. The Morgan fingerprint density at radius 3 is 2.76 bits per heavy atom. The van der Waals surface area contributed by atoms with Gasteiger partial charge in [-0.2, -0.15) is 0 Å². The van der Waals surface area contributed by atoms with Gasteiger partial charge in [-0.15, -0.1) is 0 Å². The Labute approximate surface area is 169 Å². The van der Waals surface area contributed by atoms with Crippen LogP contribution in [0.4, 0.5) is 8.78 Å². The van der Waals surface area contributed by atoms with Crippen molar-refractivity contribution in [1.82, 2.24) is 9.88 Å². The second-order valence-electron chi connectivity index (χ2n) is 8.22. The van der Waals surface area contributed by atoms with Crippen molar-refractivity contribution in [2.75, 3.05) is 20.2 Å². The molecule has 5 rings (SSSR count). The second kappa shape index (κ2) is 7.52. The summed E-state index contributed by atoms with van der Waals surface area (Å²) in [5.41, 5.74) is 1.61. The van der Waals surface area contributed by atoms with E-state index in [1.807, 2.05) is 24.3 Å². The predicted molar refractivity (Wildman–Crippen MR) is 105 cm³/mol. The number of methoxy groups -OCH3 is 1. The van der Waals surface area contributed by atoms with E-state index in [1.165, 1.54) is 6.92 Å². The summed E-state index contributed by atoms with van der Waals surface area (Å²) in [6, 6.07) is 7.30. The van der Waals surface area contributed by atoms with Crippen LogP contribution >= 0.6 is 0 Å². The number of aromatic nitrogens is 1. The Morgan fingerprint density at radius 1 is 1.34 bits per heavy atom. The Hall–Kier alpha value is -2.28. The van der Waals surface area contributed by atoms with E-state index in [1.54, 1.807) is 13.3 Å². The van der Waals surface area contributed by atoms with Crippen LogP contribution < -0.4 is 4.74 Å². The van der Waals surface area contributed by atoms with Crippen molar-refractivity contribution in [2.24, 2.45) is 11.8 Å². The van der Waals surface area contributed by atoms with Gasteiger partial charge in [-0.1, -0.05) is 0 Å². The molecule has 4 heterocycles. The highest BCUT2D eigenvalue weighted by Crippen LogP contribution is 2.47. The number of halogens is 2. The van der Waals surface area contributed by atoms with Crippen molar-refractivity contribution in [3.8, 4) is 5.75 Å². The van der Waals surface area contributed by atoms with Crippen LogP contribution in [0.1, 0.15) is 38.4 Å². The number of rotatable bonds is 5. The molecule has 2 aromatic rings. The van der Waals surface area contributed by atoms with Crippen LogP contribution in [0, 0.1) is 11.8 Å². The van der Waals surface area contributed by atoms with Crippen LogP contribution in [-0.2, 0) is 9.53 Å². The third-order valence-electron chi connectivity index (χ3n) is 6.38. The van der Waals surface area contributed by atoms with Gasteiger partial charge in [0.05, 0.1) is 18.7 Å². The fourth-order valence-electron chi connectivity index (χ4n) is 5.01. The van der Waals surface area contributed by atoms with Crippen LogP contribution in [0.15, 0.2) is 30.5 Å². The minimum absolute atomic E-state index is 0.0781. The zero-order chi connectivity index (χ0) is 20.8. The summed E-state index contributed by atoms with van der Waals surface area (Å²) >= 11 is 0. The van der Waals surface area contributed by atoms with Crippen LogP contribution in [-0.4, -0.2) is 48.0 Å². The van der Waals surface area contributed by atoms with Crippen LogP contribution in [0.2, 0.25) is 0 Å². The zero-order valence-corrected chi connectivity index (χ0v) is 16.9. The SMILES string of the molecule is COc1ccc2nccc([C@@H](OC(C)=O)[C@H]3C[C@@H]4CCN3C[C@@H]4C(C)(F)F)c2c1. The number of hydrogen-bond acceptors (Lipinski definition) is 5. The third kappa shape index (κ3) is 3.80. The van der Waals surface area contributed by atoms with Gasteiger partial charge in [-0.3, -0.25) is 14.7 Å². The quantitative estimate of drug-likeness (QED) is 0.699. The van der Waals surface area contributed by atoms with Gasteiger partial charge in [0.15, 0.2) is 0 Å². The number of ether oxygens (including phenoxy) is 2. The largest absolute Gasteiger partial charge is 0.497 e. The second-order valence-corrected chi connectivity index (χ2v) is 8.22. The molecule has 0 spiro atoms. The number of alkyl halides is 2. The van der Waals surface area contributed by atoms with Crippen molar-refractivity contribution in [1.29, 1.82) is 0 Å². The summed E-state index contributed by atoms with van der Waals surface area (Å²) in [5, 5.41) is 0.845. The highest BCUT2D eigenvalue weighted by molar-refractivity contribution is 5.84. The van der Waals surface area contributed by atoms with E-state index < -0.39 is 17.9 Å². The number of carbonyl (C=O) groups excluding carboxylic acids is 1. The molecule has 1 aromatic carbocycles. The van der Waals surface area contributed by atoms with Gasteiger partial charge < -0.3 is 9.47 Å². The number of nitrogens with zero attached hydrogens (tertiary/aromatic N) is 2. The molecule has 3 fully saturated rings. The Morgan fingerprint density at radius 2 is 2.14 bits per heavy atom. The summed E-state index contributed by atoms with van der Waals surface area (Å²) in [4.78, 5) is 18.4. The van der Waals surface area contributed by atoms with E-state index in [0.29, 0.717) is 18.7 Å². The van der Waals surface area contributed by atoms with E-state index in [0.717, 1.165) is 36.4 Å². The molecule has 1 aromatic heterocycles. The summed E-state index contributed by atoms with van der Waals surface area (Å²) in [7, 11) is 1.59. The lowest BCUT2D eigenvalue weighted by Gasteiger charge is -2.52. The summed E-state index contributed by atoms with van der Waals surface area (Å²) in [5.74, 6) is -3.14. The van der Waals surface area contributed by atoms with Gasteiger partial charge in [0.25, 0.3) is 0 Å². The first-order valence-electron chi connectivity index (χ1n) is 9.99. The molecule has 0 N–H and O–H groups in total. The molecule has 5 atom stereocenters. The van der Waals surface area contributed by atoms with Gasteiger partial charge in [0, 0.05) is 36.5 Å². The molecule has 5 nitrogen and oxygen atoms in total. The lowest BCUT2D eigenvalue weighted by molar-refractivity contribution is -0.166. The van der Waals surface area contributed by atoms with Crippen LogP contribution in [0.25, 0.3) is 10.9 Å². The molecule has 29 heavy (non-hydrogen) atoms. The summed E-state index contributed by atoms with van der Waals surface area (Å²) in [6.07, 6.45) is 2.49. The molecule has 7 heteroatoms. The number of benzene rings is 1. The Kier molecular flexibility index (Phi) is 5.19. The number of carbonyl (C=O) groups is 1. The fourth-order valence-corrected chi connectivity index (χ4v) is 5.01. The smallest absolute Gasteiger partial charge is 0.303 e. The monoisotopic (exact) mass is 404 g/mol. The van der Waals surface area contributed by atoms with Crippen LogP contribution in [0.5, 0.6) is 5.75 Å². The summed E-state index contributed by atoms with van der Waals surface area (Å²) in [6.45, 7) is 3.46. The normalized spacial score (nSPS) is 27.6. The molecule has 2 bridgehead atoms. The first-order chi connectivity index (χ1) is 13.8. The average Bonchev–Trinajstić information content (AvgIpc) is 2.70. The Balaban J connectivity index is 1.74. The van der Waals surface area contributed by atoms with Crippen molar-refractivity contribution in [3.63, 3.8) is 0 Å². The van der Waals surface area contributed by atoms with E-state index in [4.69, 9.17) is 9.47 Å². The molecule has 0 radical (unpaired) electrons. The minimum atomic E-state index is -2.71. The lowest BCUT2D eigenvalue weighted by atomic mass is 9.71. The van der Waals surface area contributed by atoms with Gasteiger partial charge in [0.1, 0.15) is 11.9 Å². The maximum atomic E-state index is 14.1. The molecule has 3 aliphatic heterocycles. The maximum absolute atomic E-state index is 14.1. The molecular formula is C22H26F2N2O3. The van der Waals surface area contributed by atoms with E-state index in [-0.39, 0.29) is 17.9 Å². The molecule has 0 saturated carbocycles. The number of fused-ring (bicyclic) bond motifs is 4. The molecule has 3 aliphatic rings. The average molecular weight is 404 g/mol. The number of pyridine rings is 1. The highest BCUT2D eigenvalue weighted by atomic mass is 19.3. The van der Waals surface area contributed by atoms with Crippen LogP contribution in [0.3, 0.4) is 0 Å². The molecule has 3 saturated heterocycles. The molecule has 156 valence electrons. The minimum Gasteiger partial charge on any atom is -0.497 e. The first-order valence-corrected chi connectivity index (χ1v) is 9.99. The third-order valence-corrected chi connectivity index (χ3v) is 6.38. The number of piperidine rings is 3. The Bertz CT molecular complexity index is 915. The predicted octanol–water partition coefficient (Wildman–Crippen LogP) is 4.21. The van der Waals surface area contributed by atoms with E-state index >= 15 is 0 Å². The van der Waals surface area contributed by atoms with Crippen molar-refractivity contribution < 1.29 is 23.0 Å². The van der Waals surface area contributed by atoms with Crippen molar-refractivity contribution in [3.05, 3.63) is 36.0 Å². The van der Waals surface area contributed by atoms with Crippen molar-refractivity contribution in [2.45, 2.75) is 44.8 Å². The molecule has 0 amide bonds. The molecular weight excluding hydrogens is 378 g/mol. The topological polar surface area (TPSA) is 51.7 Å². The van der Waals surface area contributed by atoms with Gasteiger partial charge in [-0.05, 0) is 56.5 Å². The van der Waals surface area contributed by atoms with E-state index in [9.17, 15) is 13.6 Å². The highest BCUT2D eigenvalue weighted by Gasteiger charge is 2.51. The summed E-state index contributed by atoms with van der Waals surface area (Å²) < 4.78 is 39.3.